The van der Waals surface area contributed by atoms with Crippen molar-refractivity contribution in [1.29, 1.82) is 0 Å². The van der Waals surface area contributed by atoms with Crippen molar-refractivity contribution in [3.05, 3.63) is 122 Å². The zero-order valence-electron chi connectivity index (χ0n) is 28.6. The fourth-order valence-corrected chi connectivity index (χ4v) is 2.51. The highest BCUT2D eigenvalue weighted by Gasteiger charge is 2.03. The van der Waals surface area contributed by atoms with Crippen LogP contribution in [0.5, 0.6) is 0 Å². The van der Waals surface area contributed by atoms with Crippen molar-refractivity contribution < 1.29 is 0 Å². The van der Waals surface area contributed by atoms with Gasteiger partial charge in [0.25, 0.3) is 0 Å². The Bertz CT molecular complexity index is 753. The minimum Gasteiger partial charge on any atom is -0.124 e. The highest BCUT2D eigenvalue weighted by molar-refractivity contribution is 5.24. The molecule has 0 aromatic rings. The van der Waals surface area contributed by atoms with Gasteiger partial charge in [-0.3, -0.25) is 0 Å². The molecule has 236 valence electrons. The molecule has 0 heterocycles. The fourth-order valence-electron chi connectivity index (χ4n) is 2.51. The molecule has 0 radical (unpaired) electrons. The second-order valence-corrected chi connectivity index (χ2v) is 9.24. The number of allylic oxidation sites excluding steroid dienone is 14. The van der Waals surface area contributed by atoms with Crippen LogP contribution in [-0.4, -0.2) is 0 Å². The van der Waals surface area contributed by atoms with E-state index in [1.807, 2.05) is 52.0 Å². The summed E-state index contributed by atoms with van der Waals surface area (Å²) in [7, 11) is 0. The van der Waals surface area contributed by atoms with Crippen LogP contribution in [0.4, 0.5) is 0 Å². The van der Waals surface area contributed by atoms with Crippen molar-refractivity contribution in [2.24, 2.45) is 5.92 Å². The van der Waals surface area contributed by atoms with Crippen molar-refractivity contribution in [3.63, 3.8) is 0 Å². The molecule has 1 atom stereocenters. The van der Waals surface area contributed by atoms with E-state index in [0.717, 1.165) is 24.0 Å². The second kappa shape index (κ2) is 49.9. The van der Waals surface area contributed by atoms with Crippen molar-refractivity contribution in [2.45, 2.75) is 122 Å². The molecule has 0 aromatic carbocycles. The largest absolute Gasteiger partial charge is 0.124 e. The van der Waals surface area contributed by atoms with Crippen LogP contribution in [0.15, 0.2) is 122 Å². The predicted octanol–water partition coefficient (Wildman–Crippen LogP) is 14.6. The molecule has 0 aliphatic rings. The molecule has 0 nitrogen and oxygen atoms in total. The smallest absolute Gasteiger partial charge is 0.0199 e. The van der Waals surface area contributed by atoms with Gasteiger partial charge in [-0.15, -0.1) is 26.0 Å². The molecule has 0 rings (SSSR count). The van der Waals surface area contributed by atoms with E-state index in [1.54, 1.807) is 6.08 Å². The number of rotatable bonds is 13. The van der Waals surface area contributed by atoms with Gasteiger partial charge in [0.15, 0.2) is 0 Å². The summed E-state index contributed by atoms with van der Waals surface area (Å²) in [6.45, 7) is 42.8. The van der Waals surface area contributed by atoms with Crippen LogP contribution < -0.4 is 0 Å². The summed E-state index contributed by atoms with van der Waals surface area (Å²) in [5.74, 6) is 0.633. The van der Waals surface area contributed by atoms with Crippen molar-refractivity contribution in [1.82, 2.24) is 0 Å². The third-order valence-electron chi connectivity index (χ3n) is 5.14. The standard InChI is InChI=1S/C16H26.C8H12.C7H12.C4H10.C3H6.C2H2.CH4/c1-6-9-10-16(8-3)13-15(5)12-11-14(4)7-2;1-5-8(4)6-7(2)3;1-4-7(5-2)6-3;1-3-4-2;1-3-2;1-2;/h7-8,11-12,16H,2-3,6,9-10,13H2,1,4-5H3;5-6H,1-2H2,3-4H3;4-5H,1,6H2,2-3H3;3-4H2,1-2H3;3H,1H2,2H3;1-2H;1H4/b14-11-,15-12-;8-6-;7-5+;;;;. The van der Waals surface area contributed by atoms with Crippen LogP contribution in [0.3, 0.4) is 0 Å². The minimum absolute atomic E-state index is 0. The number of hydrogen-bond acceptors (Lipinski definition) is 0. The number of terminal acetylenes is 1. The summed E-state index contributed by atoms with van der Waals surface area (Å²) in [6.07, 6.45) is 34.5. The Morgan fingerprint density at radius 2 is 1.20 bits per heavy atom. The Labute approximate surface area is 261 Å². The maximum atomic E-state index is 4.00. The number of unbranched alkanes of at least 4 members (excludes halogenated alkanes) is 2. The maximum Gasteiger partial charge on any atom is -0.0199 e. The average molecular weight is 565 g/mol. The van der Waals surface area contributed by atoms with Crippen LogP contribution in [-0.2, 0) is 0 Å². The third kappa shape index (κ3) is 62.1. The van der Waals surface area contributed by atoms with Crippen LogP contribution in [0.25, 0.3) is 0 Å². The van der Waals surface area contributed by atoms with Crippen LogP contribution in [0, 0.1) is 18.8 Å². The van der Waals surface area contributed by atoms with E-state index >= 15 is 0 Å². The first-order valence-electron chi connectivity index (χ1n) is 14.7. The minimum atomic E-state index is 0. The first-order chi connectivity index (χ1) is 19.0. The Hall–Kier alpha value is -3.04. The van der Waals surface area contributed by atoms with Gasteiger partial charge in [-0.05, 0) is 66.7 Å². The first kappa shape index (κ1) is 54.1. The van der Waals surface area contributed by atoms with E-state index in [2.05, 4.69) is 118 Å². The molecule has 0 heteroatoms. The van der Waals surface area contributed by atoms with Crippen LogP contribution in [0.2, 0.25) is 0 Å². The Morgan fingerprint density at radius 3 is 1.41 bits per heavy atom. The van der Waals surface area contributed by atoms with Gasteiger partial charge < -0.3 is 0 Å². The summed E-state index contributed by atoms with van der Waals surface area (Å²) in [5.41, 5.74) is 6.19. The summed E-state index contributed by atoms with van der Waals surface area (Å²) in [4.78, 5) is 0. The average Bonchev–Trinajstić information content (AvgIpc) is 2.96. The van der Waals surface area contributed by atoms with Gasteiger partial charge in [0, 0.05) is 0 Å². The molecule has 1 unspecified atom stereocenters. The maximum absolute atomic E-state index is 4.00. The molecule has 0 spiro atoms. The molecule has 0 saturated carbocycles. The Kier molecular flexibility index (Phi) is 65.8. The highest BCUT2D eigenvalue weighted by Crippen LogP contribution is 2.19. The Morgan fingerprint density at radius 1 is 0.732 bits per heavy atom. The molecule has 0 saturated heterocycles. The normalized spacial score (nSPS) is 10.9. The van der Waals surface area contributed by atoms with Gasteiger partial charge in [-0.25, -0.2) is 0 Å². The van der Waals surface area contributed by atoms with Gasteiger partial charge in [0.05, 0.1) is 0 Å². The second-order valence-electron chi connectivity index (χ2n) is 9.24. The van der Waals surface area contributed by atoms with Gasteiger partial charge in [-0.2, -0.15) is 0 Å². The monoisotopic (exact) mass is 565 g/mol. The molecular formula is C41H72. The highest BCUT2D eigenvalue weighted by atomic mass is 14.1. The fraction of sp³-hybridized carbons (Fsp3) is 0.463. The van der Waals surface area contributed by atoms with Gasteiger partial charge in [0.1, 0.15) is 0 Å². The summed E-state index contributed by atoms with van der Waals surface area (Å²) >= 11 is 0. The lowest BCUT2D eigenvalue weighted by Gasteiger charge is -2.11. The zero-order valence-corrected chi connectivity index (χ0v) is 28.6. The van der Waals surface area contributed by atoms with Gasteiger partial charge in [-0.1, -0.05) is 170 Å². The zero-order chi connectivity index (χ0) is 32.8. The van der Waals surface area contributed by atoms with Gasteiger partial charge in [0.2, 0.25) is 0 Å². The molecule has 0 aromatic heterocycles. The lowest BCUT2D eigenvalue weighted by Crippen LogP contribution is -1.96. The third-order valence-corrected chi connectivity index (χ3v) is 5.14. The van der Waals surface area contributed by atoms with Crippen LogP contribution >= 0.6 is 0 Å². The van der Waals surface area contributed by atoms with E-state index in [-0.39, 0.29) is 7.43 Å². The van der Waals surface area contributed by atoms with E-state index in [0.29, 0.717) is 5.92 Å². The molecule has 0 amide bonds. The van der Waals surface area contributed by atoms with Crippen LogP contribution in [0.1, 0.15) is 122 Å². The lowest BCUT2D eigenvalue weighted by atomic mass is 9.94. The number of hydrogen-bond donors (Lipinski definition) is 0. The topological polar surface area (TPSA) is 0 Å². The molecule has 0 fully saturated rings. The van der Waals surface area contributed by atoms with E-state index in [1.165, 1.54) is 48.8 Å². The van der Waals surface area contributed by atoms with E-state index < -0.39 is 0 Å². The SMILES string of the molecule is C.C#C.C=C/C(=C\C)CC.C=C/C(C)=C\C(=C)C.C=C/C(C)=C\C=C(\C)CC(C=C)CCCC.C=CC.CCCC. The van der Waals surface area contributed by atoms with E-state index in [4.69, 9.17) is 0 Å². The summed E-state index contributed by atoms with van der Waals surface area (Å²) < 4.78 is 0. The molecule has 0 N–H and O–H groups in total. The molecule has 0 bridgehead atoms. The van der Waals surface area contributed by atoms with E-state index in [9.17, 15) is 0 Å². The first-order valence-corrected chi connectivity index (χ1v) is 14.7. The molecule has 0 aliphatic carbocycles. The molecule has 41 heavy (non-hydrogen) atoms. The summed E-state index contributed by atoms with van der Waals surface area (Å²) in [6, 6.07) is 0. The Balaban J connectivity index is -0.0000000781. The molecular weight excluding hydrogens is 492 g/mol. The van der Waals surface area contributed by atoms with Crippen molar-refractivity contribution in [2.75, 3.05) is 0 Å². The quantitative estimate of drug-likeness (QED) is 0.118. The predicted molar refractivity (Wildman–Crippen MR) is 202 cm³/mol. The van der Waals surface area contributed by atoms with Crippen molar-refractivity contribution in [3.8, 4) is 12.8 Å². The summed E-state index contributed by atoms with van der Waals surface area (Å²) in [5, 5.41) is 0. The lowest BCUT2D eigenvalue weighted by molar-refractivity contribution is 0.551. The van der Waals surface area contributed by atoms with Gasteiger partial charge >= 0.3 is 0 Å². The van der Waals surface area contributed by atoms with Crippen molar-refractivity contribution >= 4 is 0 Å². The molecule has 0 aliphatic heterocycles.